The van der Waals surface area contributed by atoms with E-state index >= 15 is 0 Å². The van der Waals surface area contributed by atoms with Crippen LogP contribution in [0.25, 0.3) is 10.9 Å². The lowest BCUT2D eigenvalue weighted by Crippen LogP contribution is -2.28. The standard InChI is InChI=1S/C22H24N2O3/c1-14-10-15(2)18-12-17(22(26)24-19(18)11-14)8-9-23-21(25)13-16-6-4-5-7-20(16)27-3/h4-7,10-12H,8-9,13H2,1-3H3,(H,23,25)(H,24,26). The smallest absolute Gasteiger partial charge is 0.251 e. The molecule has 2 N–H and O–H groups in total. The summed E-state index contributed by atoms with van der Waals surface area (Å²) in [6.45, 7) is 4.45. The third-order valence-corrected chi connectivity index (χ3v) is 4.65. The van der Waals surface area contributed by atoms with Gasteiger partial charge in [0.2, 0.25) is 5.91 Å². The number of methoxy groups -OCH3 is 1. The highest BCUT2D eigenvalue weighted by atomic mass is 16.5. The molecule has 0 bridgehead atoms. The van der Waals surface area contributed by atoms with Crippen LogP contribution < -0.4 is 15.6 Å². The van der Waals surface area contributed by atoms with Crippen molar-refractivity contribution in [2.45, 2.75) is 26.7 Å². The Labute approximate surface area is 158 Å². The van der Waals surface area contributed by atoms with Gasteiger partial charge in [-0.15, -0.1) is 0 Å². The number of pyridine rings is 1. The van der Waals surface area contributed by atoms with E-state index < -0.39 is 0 Å². The number of hydrogen-bond acceptors (Lipinski definition) is 3. The van der Waals surface area contributed by atoms with Crippen LogP contribution in [0, 0.1) is 13.8 Å². The summed E-state index contributed by atoms with van der Waals surface area (Å²) in [6, 6.07) is 13.5. The summed E-state index contributed by atoms with van der Waals surface area (Å²) in [5.41, 5.74) is 4.50. The molecule has 0 aliphatic carbocycles. The molecule has 0 atom stereocenters. The second-order valence-corrected chi connectivity index (χ2v) is 6.76. The highest BCUT2D eigenvalue weighted by molar-refractivity contribution is 5.83. The normalized spacial score (nSPS) is 10.8. The van der Waals surface area contributed by atoms with Crippen LogP contribution in [-0.4, -0.2) is 24.5 Å². The van der Waals surface area contributed by atoms with Crippen LogP contribution in [0.1, 0.15) is 22.3 Å². The molecule has 0 saturated heterocycles. The molecule has 140 valence electrons. The zero-order valence-electron chi connectivity index (χ0n) is 15.9. The molecule has 3 aromatic rings. The molecular weight excluding hydrogens is 340 g/mol. The molecule has 0 spiro atoms. The zero-order chi connectivity index (χ0) is 19.4. The predicted octanol–water partition coefficient (Wildman–Crippen LogP) is 3.05. The fourth-order valence-corrected chi connectivity index (χ4v) is 3.32. The Bertz CT molecular complexity index is 1040. The van der Waals surface area contributed by atoms with Crippen molar-refractivity contribution in [1.29, 1.82) is 0 Å². The molecule has 0 unspecified atom stereocenters. The van der Waals surface area contributed by atoms with Crippen molar-refractivity contribution in [3.05, 3.63) is 75.1 Å². The van der Waals surface area contributed by atoms with Crippen molar-refractivity contribution < 1.29 is 9.53 Å². The summed E-state index contributed by atoms with van der Waals surface area (Å²) in [6.07, 6.45) is 0.729. The Kier molecular flexibility index (Phi) is 5.60. The van der Waals surface area contributed by atoms with E-state index in [2.05, 4.69) is 16.4 Å². The number of H-pyrrole nitrogens is 1. The molecule has 0 fully saturated rings. The van der Waals surface area contributed by atoms with E-state index in [1.807, 2.05) is 50.2 Å². The maximum absolute atomic E-state index is 12.3. The van der Waals surface area contributed by atoms with Gasteiger partial charge >= 0.3 is 0 Å². The molecule has 27 heavy (non-hydrogen) atoms. The number of carbonyl (C=O) groups excluding carboxylic acids is 1. The molecule has 1 aromatic heterocycles. The molecule has 1 heterocycles. The maximum atomic E-state index is 12.3. The Morgan fingerprint density at radius 1 is 1.11 bits per heavy atom. The first kappa shape index (κ1) is 18.7. The van der Waals surface area contributed by atoms with E-state index in [4.69, 9.17) is 4.74 Å². The average Bonchev–Trinajstić information content (AvgIpc) is 2.63. The van der Waals surface area contributed by atoms with Gasteiger partial charge < -0.3 is 15.0 Å². The molecule has 3 rings (SSSR count). The third-order valence-electron chi connectivity index (χ3n) is 4.65. The Balaban J connectivity index is 1.66. The molecular formula is C22H24N2O3. The first-order valence-corrected chi connectivity index (χ1v) is 8.99. The van der Waals surface area contributed by atoms with Crippen molar-refractivity contribution in [1.82, 2.24) is 10.3 Å². The molecule has 1 amide bonds. The Hall–Kier alpha value is -3.08. The Morgan fingerprint density at radius 2 is 1.89 bits per heavy atom. The number of rotatable bonds is 6. The summed E-state index contributed by atoms with van der Waals surface area (Å²) < 4.78 is 5.27. The summed E-state index contributed by atoms with van der Waals surface area (Å²) in [4.78, 5) is 27.5. The quantitative estimate of drug-likeness (QED) is 0.706. The van der Waals surface area contributed by atoms with Gasteiger partial charge in [0.15, 0.2) is 0 Å². The monoisotopic (exact) mass is 364 g/mol. The van der Waals surface area contributed by atoms with E-state index in [0.717, 1.165) is 27.6 Å². The molecule has 0 aliphatic rings. The molecule has 0 saturated carbocycles. The lowest BCUT2D eigenvalue weighted by atomic mass is 10.0. The summed E-state index contributed by atoms with van der Waals surface area (Å²) in [7, 11) is 1.59. The minimum atomic E-state index is -0.105. The molecule has 5 heteroatoms. The molecule has 5 nitrogen and oxygen atoms in total. The number of nitrogens with one attached hydrogen (secondary N) is 2. The number of benzene rings is 2. The topological polar surface area (TPSA) is 71.2 Å². The van der Waals surface area contributed by atoms with Gasteiger partial charge in [-0.2, -0.15) is 0 Å². The van der Waals surface area contributed by atoms with Crippen molar-refractivity contribution in [2.24, 2.45) is 0 Å². The van der Waals surface area contributed by atoms with Gasteiger partial charge in [0.05, 0.1) is 13.5 Å². The summed E-state index contributed by atoms with van der Waals surface area (Å²) >= 11 is 0. The van der Waals surface area contributed by atoms with Crippen LogP contribution in [-0.2, 0) is 17.6 Å². The molecule has 2 aromatic carbocycles. The van der Waals surface area contributed by atoms with Crippen LogP contribution in [0.15, 0.2) is 47.3 Å². The van der Waals surface area contributed by atoms with E-state index in [-0.39, 0.29) is 17.9 Å². The SMILES string of the molecule is COc1ccccc1CC(=O)NCCc1cc2c(C)cc(C)cc2[nH]c1=O. The van der Waals surface area contributed by atoms with Crippen molar-refractivity contribution in [3.8, 4) is 5.75 Å². The number of hydrogen-bond donors (Lipinski definition) is 2. The van der Waals surface area contributed by atoms with Gasteiger partial charge in [0.1, 0.15) is 5.75 Å². The maximum Gasteiger partial charge on any atom is 0.251 e. The minimum absolute atomic E-state index is 0.0940. The number of amides is 1. The summed E-state index contributed by atoms with van der Waals surface area (Å²) in [5.74, 6) is 0.605. The summed E-state index contributed by atoms with van der Waals surface area (Å²) in [5, 5.41) is 3.92. The van der Waals surface area contributed by atoms with Crippen LogP contribution in [0.2, 0.25) is 0 Å². The number of ether oxygens (including phenoxy) is 1. The first-order valence-electron chi connectivity index (χ1n) is 8.99. The van der Waals surface area contributed by atoms with Gasteiger partial charge in [-0.3, -0.25) is 9.59 Å². The average molecular weight is 364 g/mol. The van der Waals surface area contributed by atoms with Crippen molar-refractivity contribution in [3.63, 3.8) is 0 Å². The number of aromatic amines is 1. The first-order chi connectivity index (χ1) is 13.0. The van der Waals surface area contributed by atoms with Gasteiger partial charge in [-0.1, -0.05) is 24.3 Å². The van der Waals surface area contributed by atoms with E-state index in [1.54, 1.807) is 7.11 Å². The van der Waals surface area contributed by atoms with Crippen molar-refractivity contribution in [2.75, 3.05) is 13.7 Å². The van der Waals surface area contributed by atoms with Crippen molar-refractivity contribution >= 4 is 16.8 Å². The highest BCUT2D eigenvalue weighted by Crippen LogP contribution is 2.19. The van der Waals surface area contributed by atoms with Gasteiger partial charge in [0, 0.05) is 28.6 Å². The highest BCUT2D eigenvalue weighted by Gasteiger charge is 2.09. The lowest BCUT2D eigenvalue weighted by Gasteiger charge is -2.10. The largest absolute Gasteiger partial charge is 0.496 e. The minimum Gasteiger partial charge on any atom is -0.496 e. The molecule has 0 aliphatic heterocycles. The predicted molar refractivity (Wildman–Crippen MR) is 107 cm³/mol. The van der Waals surface area contributed by atoms with E-state index in [9.17, 15) is 9.59 Å². The second-order valence-electron chi connectivity index (χ2n) is 6.76. The fourth-order valence-electron chi connectivity index (χ4n) is 3.32. The van der Waals surface area contributed by atoms with Crippen LogP contribution in [0.5, 0.6) is 5.75 Å². The number of aromatic nitrogens is 1. The van der Waals surface area contributed by atoms with E-state index in [1.165, 1.54) is 0 Å². The number of aryl methyl sites for hydroxylation is 2. The van der Waals surface area contributed by atoms with Gasteiger partial charge in [-0.05, 0) is 49.6 Å². The second kappa shape index (κ2) is 8.08. The van der Waals surface area contributed by atoms with E-state index in [0.29, 0.717) is 24.3 Å². The van der Waals surface area contributed by atoms with Crippen LogP contribution >= 0.6 is 0 Å². The fraction of sp³-hybridized carbons (Fsp3) is 0.273. The lowest BCUT2D eigenvalue weighted by molar-refractivity contribution is -0.120. The Morgan fingerprint density at radius 3 is 2.67 bits per heavy atom. The van der Waals surface area contributed by atoms with Crippen LogP contribution in [0.4, 0.5) is 0 Å². The number of para-hydroxylation sites is 1. The number of carbonyl (C=O) groups is 1. The van der Waals surface area contributed by atoms with Gasteiger partial charge in [-0.25, -0.2) is 0 Å². The van der Waals surface area contributed by atoms with Gasteiger partial charge in [0.25, 0.3) is 5.56 Å². The zero-order valence-corrected chi connectivity index (χ0v) is 15.9. The van der Waals surface area contributed by atoms with Crippen LogP contribution in [0.3, 0.4) is 0 Å². The number of fused-ring (bicyclic) bond motifs is 1. The third kappa shape index (κ3) is 4.37. The molecule has 0 radical (unpaired) electrons.